The van der Waals surface area contributed by atoms with E-state index in [1.165, 1.54) is 12.4 Å². The number of hydrogen-bond donors (Lipinski definition) is 1. The van der Waals surface area contributed by atoms with Gasteiger partial charge in [0, 0.05) is 6.20 Å². The highest BCUT2D eigenvalue weighted by atomic mass is 32.2. The minimum atomic E-state index is -3.87. The summed E-state index contributed by atoms with van der Waals surface area (Å²) >= 11 is 0. The molecule has 1 aliphatic carbocycles. The molecule has 1 heterocycles. The fourth-order valence-electron chi connectivity index (χ4n) is 3.25. The van der Waals surface area contributed by atoms with Crippen LogP contribution >= 0.6 is 0 Å². The zero-order chi connectivity index (χ0) is 18.6. The van der Waals surface area contributed by atoms with Crippen LogP contribution in [0.5, 0.6) is 0 Å². The number of carbonyl (C=O) groups is 1. The Morgan fingerprint density at radius 3 is 2.62 bits per heavy atom. The molecule has 0 radical (unpaired) electrons. The number of nitrogens with one attached hydrogen (secondary N) is 1. The first-order valence-electron chi connectivity index (χ1n) is 8.73. The molecule has 0 amide bonds. The van der Waals surface area contributed by atoms with Crippen molar-refractivity contribution in [1.82, 2.24) is 14.5 Å². The number of ether oxygens (including phenoxy) is 1. The summed E-state index contributed by atoms with van der Waals surface area (Å²) in [5.41, 5.74) is -0.151. The van der Waals surface area contributed by atoms with E-state index in [2.05, 4.69) is 9.82 Å². The predicted octanol–water partition coefficient (Wildman–Crippen LogP) is 2.09. The Bertz CT molecular complexity index is 856. The average molecular weight is 377 g/mol. The number of hydrogen-bond acceptors (Lipinski definition) is 5. The predicted molar refractivity (Wildman–Crippen MR) is 95.9 cm³/mol. The van der Waals surface area contributed by atoms with Crippen molar-refractivity contribution in [3.8, 4) is 0 Å². The topological polar surface area (TPSA) is 90.3 Å². The molecule has 1 fully saturated rings. The van der Waals surface area contributed by atoms with Gasteiger partial charge in [0.15, 0.2) is 0 Å². The second kappa shape index (κ2) is 7.59. The third kappa shape index (κ3) is 3.96. The number of nitrogens with zero attached hydrogens (tertiary/aromatic N) is 2. The van der Waals surface area contributed by atoms with Crippen molar-refractivity contribution >= 4 is 16.0 Å². The molecule has 1 aromatic carbocycles. The van der Waals surface area contributed by atoms with Crippen molar-refractivity contribution in [2.45, 2.75) is 49.6 Å². The highest BCUT2D eigenvalue weighted by Crippen LogP contribution is 2.32. The van der Waals surface area contributed by atoms with Crippen LogP contribution in [-0.2, 0) is 26.1 Å². The Morgan fingerprint density at radius 2 is 1.96 bits per heavy atom. The van der Waals surface area contributed by atoms with Gasteiger partial charge in [-0.3, -0.25) is 9.48 Å². The van der Waals surface area contributed by atoms with Gasteiger partial charge >= 0.3 is 5.97 Å². The molecule has 26 heavy (non-hydrogen) atoms. The van der Waals surface area contributed by atoms with E-state index in [-0.39, 0.29) is 11.5 Å². The second-order valence-electron chi connectivity index (χ2n) is 6.47. The van der Waals surface area contributed by atoms with Crippen LogP contribution in [0.2, 0.25) is 0 Å². The van der Waals surface area contributed by atoms with Crippen LogP contribution in [0.4, 0.5) is 0 Å². The lowest BCUT2D eigenvalue weighted by atomic mass is 10.00. The summed E-state index contributed by atoms with van der Waals surface area (Å²) in [6.07, 6.45) is 5.25. The van der Waals surface area contributed by atoms with Gasteiger partial charge in [-0.25, -0.2) is 8.42 Å². The van der Waals surface area contributed by atoms with Crippen molar-refractivity contribution in [3.63, 3.8) is 0 Å². The molecule has 0 unspecified atom stereocenters. The Labute approximate surface area is 153 Å². The quantitative estimate of drug-likeness (QED) is 0.746. The number of aromatic nitrogens is 2. The van der Waals surface area contributed by atoms with Gasteiger partial charge in [-0.15, -0.1) is 0 Å². The molecule has 1 N–H and O–H groups in total. The van der Waals surface area contributed by atoms with Crippen molar-refractivity contribution in [1.29, 1.82) is 0 Å². The van der Waals surface area contributed by atoms with Gasteiger partial charge in [-0.2, -0.15) is 9.82 Å². The van der Waals surface area contributed by atoms with Crippen LogP contribution < -0.4 is 4.72 Å². The fourth-order valence-corrected chi connectivity index (χ4v) is 4.62. The standard InChI is InChI=1S/C18H23N3O4S/c1-2-25-17(22)18(10-6-7-11-18)20-26(23,24)16-12-19-21(14-16)13-15-8-4-3-5-9-15/h3-5,8-9,12,14,20H,2,6-7,10-11,13H2,1H3. The summed E-state index contributed by atoms with van der Waals surface area (Å²) in [5, 5.41) is 4.14. The first-order chi connectivity index (χ1) is 12.5. The summed E-state index contributed by atoms with van der Waals surface area (Å²) in [6.45, 7) is 2.40. The van der Waals surface area contributed by atoms with E-state index >= 15 is 0 Å². The molecular formula is C18H23N3O4S. The van der Waals surface area contributed by atoms with Gasteiger partial charge < -0.3 is 4.74 Å². The summed E-state index contributed by atoms with van der Waals surface area (Å²) in [4.78, 5) is 12.4. The number of rotatable bonds is 7. The van der Waals surface area contributed by atoms with Crippen molar-refractivity contribution in [2.75, 3.05) is 6.61 Å². The molecular weight excluding hydrogens is 354 g/mol. The first kappa shape index (κ1) is 18.6. The highest BCUT2D eigenvalue weighted by molar-refractivity contribution is 7.89. The normalized spacial score (nSPS) is 16.5. The van der Waals surface area contributed by atoms with E-state index in [1.807, 2.05) is 30.3 Å². The average Bonchev–Trinajstić information content (AvgIpc) is 3.26. The molecule has 7 nitrogen and oxygen atoms in total. The first-order valence-corrected chi connectivity index (χ1v) is 10.2. The molecule has 8 heteroatoms. The van der Waals surface area contributed by atoms with Crippen LogP contribution in [0.15, 0.2) is 47.6 Å². The number of carbonyl (C=O) groups excluding carboxylic acids is 1. The Balaban J connectivity index is 1.78. The van der Waals surface area contributed by atoms with Gasteiger partial charge in [0.2, 0.25) is 10.0 Å². The Kier molecular flexibility index (Phi) is 5.43. The van der Waals surface area contributed by atoms with Crippen LogP contribution in [-0.4, -0.2) is 36.3 Å². The smallest absolute Gasteiger partial charge is 0.327 e. The largest absolute Gasteiger partial charge is 0.465 e. The maximum atomic E-state index is 12.8. The van der Waals surface area contributed by atoms with E-state index in [9.17, 15) is 13.2 Å². The maximum Gasteiger partial charge on any atom is 0.327 e. The lowest BCUT2D eigenvalue weighted by Crippen LogP contribution is -2.53. The molecule has 1 saturated carbocycles. The SMILES string of the molecule is CCOC(=O)C1(NS(=O)(=O)c2cnn(Cc3ccccc3)c2)CCCC1. The van der Waals surface area contributed by atoms with Gasteiger partial charge in [0.1, 0.15) is 10.4 Å². The molecule has 2 aromatic rings. The number of sulfonamides is 1. The lowest BCUT2D eigenvalue weighted by Gasteiger charge is -2.27. The van der Waals surface area contributed by atoms with Crippen molar-refractivity contribution < 1.29 is 17.9 Å². The summed E-state index contributed by atoms with van der Waals surface area (Å²) in [6, 6.07) is 9.65. The lowest BCUT2D eigenvalue weighted by molar-refractivity contribution is -0.150. The third-order valence-corrected chi connectivity index (χ3v) is 6.05. The van der Waals surface area contributed by atoms with Crippen molar-refractivity contribution in [3.05, 3.63) is 48.3 Å². The zero-order valence-electron chi connectivity index (χ0n) is 14.7. The summed E-state index contributed by atoms with van der Waals surface area (Å²) < 4.78 is 34.9. The summed E-state index contributed by atoms with van der Waals surface area (Å²) in [5.74, 6) is -0.502. The van der Waals surface area contributed by atoms with E-state index < -0.39 is 21.5 Å². The van der Waals surface area contributed by atoms with E-state index in [0.29, 0.717) is 19.4 Å². The summed E-state index contributed by atoms with van der Waals surface area (Å²) in [7, 11) is -3.87. The third-order valence-electron chi connectivity index (χ3n) is 4.56. The van der Waals surface area contributed by atoms with E-state index in [1.54, 1.807) is 11.6 Å². The minimum Gasteiger partial charge on any atom is -0.465 e. The minimum absolute atomic E-state index is 0.0454. The monoisotopic (exact) mass is 377 g/mol. The zero-order valence-corrected chi connectivity index (χ0v) is 15.5. The molecule has 1 aliphatic rings. The molecule has 0 atom stereocenters. The van der Waals surface area contributed by atoms with Crippen LogP contribution in [0, 0.1) is 0 Å². The fraction of sp³-hybridized carbons (Fsp3) is 0.444. The molecule has 3 rings (SSSR count). The van der Waals surface area contributed by atoms with E-state index in [4.69, 9.17) is 4.74 Å². The van der Waals surface area contributed by atoms with Gasteiger partial charge in [0.05, 0.1) is 19.3 Å². The Morgan fingerprint density at radius 1 is 1.27 bits per heavy atom. The molecule has 0 aliphatic heterocycles. The molecule has 1 aromatic heterocycles. The van der Waals surface area contributed by atoms with Crippen LogP contribution in [0.3, 0.4) is 0 Å². The highest BCUT2D eigenvalue weighted by Gasteiger charge is 2.46. The molecule has 0 spiro atoms. The van der Waals surface area contributed by atoms with Crippen molar-refractivity contribution in [2.24, 2.45) is 0 Å². The Hall–Kier alpha value is -2.19. The van der Waals surface area contributed by atoms with Crippen LogP contribution in [0.25, 0.3) is 0 Å². The molecule has 0 bridgehead atoms. The number of benzene rings is 1. The van der Waals surface area contributed by atoms with Gasteiger partial charge in [-0.1, -0.05) is 43.2 Å². The van der Waals surface area contributed by atoms with Gasteiger partial charge in [0.25, 0.3) is 0 Å². The second-order valence-corrected chi connectivity index (χ2v) is 8.16. The van der Waals surface area contributed by atoms with Crippen LogP contribution in [0.1, 0.15) is 38.2 Å². The molecule has 0 saturated heterocycles. The maximum absolute atomic E-state index is 12.8. The van der Waals surface area contributed by atoms with Gasteiger partial charge in [-0.05, 0) is 25.3 Å². The molecule has 140 valence electrons. The van der Waals surface area contributed by atoms with E-state index in [0.717, 1.165) is 18.4 Å². The number of esters is 1.